The van der Waals surface area contributed by atoms with Gasteiger partial charge in [-0.15, -0.1) is 0 Å². The first-order valence-electron chi connectivity index (χ1n) is 5.72. The lowest BCUT2D eigenvalue weighted by molar-refractivity contribution is -0.116. The Morgan fingerprint density at radius 3 is 2.94 bits per heavy atom. The van der Waals surface area contributed by atoms with Gasteiger partial charge in [0.15, 0.2) is 0 Å². The lowest BCUT2D eigenvalue weighted by Crippen LogP contribution is -2.24. The van der Waals surface area contributed by atoms with Gasteiger partial charge in [-0.25, -0.2) is 4.98 Å². The molecule has 0 bridgehead atoms. The van der Waals surface area contributed by atoms with E-state index in [9.17, 15) is 4.79 Å². The van der Waals surface area contributed by atoms with E-state index in [-0.39, 0.29) is 19.1 Å². The minimum Gasteiger partial charge on any atom is -0.395 e. The van der Waals surface area contributed by atoms with Crippen LogP contribution >= 0.6 is 0 Å². The molecule has 92 valence electrons. The van der Waals surface area contributed by atoms with E-state index in [1.165, 1.54) is 6.08 Å². The van der Waals surface area contributed by atoms with Crippen molar-refractivity contribution in [2.45, 2.75) is 0 Å². The Hall–Kier alpha value is -2.20. The molecule has 4 heteroatoms. The molecule has 0 spiro atoms. The Bertz CT molecular complexity index is 579. The van der Waals surface area contributed by atoms with Crippen LogP contribution in [0.1, 0.15) is 5.69 Å². The number of hydrogen-bond donors (Lipinski definition) is 2. The van der Waals surface area contributed by atoms with Crippen LogP contribution in [0.4, 0.5) is 0 Å². The minimum absolute atomic E-state index is 0.0617. The van der Waals surface area contributed by atoms with Crippen molar-refractivity contribution < 1.29 is 9.90 Å². The van der Waals surface area contributed by atoms with Crippen LogP contribution in [0.25, 0.3) is 17.0 Å². The lowest BCUT2D eigenvalue weighted by atomic mass is 10.2. The van der Waals surface area contributed by atoms with E-state index in [0.29, 0.717) is 0 Å². The highest BCUT2D eigenvalue weighted by molar-refractivity contribution is 5.91. The van der Waals surface area contributed by atoms with Crippen LogP contribution in [-0.4, -0.2) is 29.1 Å². The predicted octanol–water partition coefficient (Wildman–Crippen LogP) is 1.36. The summed E-state index contributed by atoms with van der Waals surface area (Å²) in [7, 11) is 0. The third-order valence-corrected chi connectivity index (χ3v) is 2.44. The van der Waals surface area contributed by atoms with Crippen molar-refractivity contribution in [3.05, 3.63) is 48.2 Å². The summed E-state index contributed by atoms with van der Waals surface area (Å²) in [5.74, 6) is -0.237. The second-order valence-electron chi connectivity index (χ2n) is 3.78. The fourth-order valence-corrected chi connectivity index (χ4v) is 1.57. The van der Waals surface area contributed by atoms with Crippen LogP contribution in [0.2, 0.25) is 0 Å². The minimum atomic E-state index is -0.237. The number of rotatable bonds is 4. The number of fused-ring (bicyclic) bond motifs is 1. The highest BCUT2D eigenvalue weighted by atomic mass is 16.3. The van der Waals surface area contributed by atoms with Crippen molar-refractivity contribution in [2.24, 2.45) is 0 Å². The molecule has 0 fully saturated rings. The van der Waals surface area contributed by atoms with E-state index in [0.717, 1.165) is 16.6 Å². The molecule has 0 atom stereocenters. The van der Waals surface area contributed by atoms with Crippen molar-refractivity contribution in [1.82, 2.24) is 10.3 Å². The zero-order chi connectivity index (χ0) is 12.8. The smallest absolute Gasteiger partial charge is 0.244 e. The van der Waals surface area contributed by atoms with Crippen LogP contribution in [0, 0.1) is 0 Å². The summed E-state index contributed by atoms with van der Waals surface area (Å²) in [6.45, 7) is 0.197. The largest absolute Gasteiger partial charge is 0.395 e. The fraction of sp³-hybridized carbons (Fsp3) is 0.143. The zero-order valence-corrected chi connectivity index (χ0v) is 9.84. The molecule has 1 heterocycles. The molecular formula is C14H14N2O2. The summed E-state index contributed by atoms with van der Waals surface area (Å²) < 4.78 is 0. The Labute approximate surface area is 105 Å². The van der Waals surface area contributed by atoms with Crippen LogP contribution in [-0.2, 0) is 4.79 Å². The van der Waals surface area contributed by atoms with Gasteiger partial charge in [0.2, 0.25) is 5.91 Å². The number of nitrogens with zero attached hydrogens (tertiary/aromatic N) is 1. The van der Waals surface area contributed by atoms with Crippen LogP contribution in [0.3, 0.4) is 0 Å². The van der Waals surface area contributed by atoms with Gasteiger partial charge < -0.3 is 10.4 Å². The van der Waals surface area contributed by atoms with E-state index >= 15 is 0 Å². The molecule has 0 aliphatic rings. The van der Waals surface area contributed by atoms with Gasteiger partial charge in [-0.1, -0.05) is 24.3 Å². The standard InChI is InChI=1S/C14H14N2O2/c17-10-9-15-14(18)8-7-12-6-5-11-3-1-2-4-13(11)16-12/h1-8,17H,9-10H2,(H,15,18)/b8-7+. The molecule has 0 aliphatic carbocycles. The Morgan fingerprint density at radius 1 is 1.28 bits per heavy atom. The number of amides is 1. The maximum atomic E-state index is 11.3. The summed E-state index contributed by atoms with van der Waals surface area (Å²) >= 11 is 0. The van der Waals surface area contributed by atoms with Gasteiger partial charge >= 0.3 is 0 Å². The van der Waals surface area contributed by atoms with Crippen molar-refractivity contribution in [2.75, 3.05) is 13.2 Å². The molecule has 4 nitrogen and oxygen atoms in total. The van der Waals surface area contributed by atoms with Crippen LogP contribution < -0.4 is 5.32 Å². The molecule has 1 amide bonds. The SMILES string of the molecule is O=C(/C=C/c1ccc2ccccc2n1)NCCO. The maximum absolute atomic E-state index is 11.3. The zero-order valence-electron chi connectivity index (χ0n) is 9.84. The van der Waals surface area contributed by atoms with Gasteiger partial charge in [-0.2, -0.15) is 0 Å². The van der Waals surface area contributed by atoms with E-state index in [4.69, 9.17) is 5.11 Å². The van der Waals surface area contributed by atoms with Gasteiger partial charge in [-0.3, -0.25) is 4.79 Å². The summed E-state index contributed by atoms with van der Waals surface area (Å²) in [6.07, 6.45) is 3.06. The predicted molar refractivity (Wildman–Crippen MR) is 70.9 cm³/mol. The summed E-state index contributed by atoms with van der Waals surface area (Å²) in [5, 5.41) is 12.2. The molecule has 0 unspecified atom stereocenters. The second kappa shape index (κ2) is 5.93. The van der Waals surface area contributed by atoms with E-state index in [1.54, 1.807) is 6.08 Å². The second-order valence-corrected chi connectivity index (χ2v) is 3.78. The number of aliphatic hydroxyl groups is 1. The summed E-state index contributed by atoms with van der Waals surface area (Å²) in [5.41, 5.74) is 1.63. The molecule has 2 aromatic rings. The first-order valence-corrected chi connectivity index (χ1v) is 5.72. The maximum Gasteiger partial charge on any atom is 0.244 e. The molecule has 2 N–H and O–H groups in total. The highest BCUT2D eigenvalue weighted by Gasteiger charge is 1.96. The summed E-state index contributed by atoms with van der Waals surface area (Å²) in [4.78, 5) is 15.7. The van der Waals surface area contributed by atoms with E-state index < -0.39 is 0 Å². The highest BCUT2D eigenvalue weighted by Crippen LogP contribution is 2.12. The van der Waals surface area contributed by atoms with E-state index in [2.05, 4.69) is 10.3 Å². The molecule has 0 aliphatic heterocycles. The first kappa shape index (κ1) is 12.3. The first-order chi connectivity index (χ1) is 8.79. The molecule has 1 aromatic carbocycles. The van der Waals surface area contributed by atoms with Crippen molar-refractivity contribution in [3.8, 4) is 0 Å². The van der Waals surface area contributed by atoms with Crippen LogP contribution in [0.15, 0.2) is 42.5 Å². The monoisotopic (exact) mass is 242 g/mol. The topological polar surface area (TPSA) is 62.2 Å². The Kier molecular flexibility index (Phi) is 4.04. The third kappa shape index (κ3) is 3.15. The molecule has 0 saturated carbocycles. The number of nitrogens with one attached hydrogen (secondary N) is 1. The Morgan fingerprint density at radius 2 is 2.11 bits per heavy atom. The molecule has 0 radical (unpaired) electrons. The number of aromatic nitrogens is 1. The van der Waals surface area contributed by atoms with Gasteiger partial charge in [0.25, 0.3) is 0 Å². The number of carbonyl (C=O) groups excluding carboxylic acids is 1. The molecule has 18 heavy (non-hydrogen) atoms. The van der Waals surface area contributed by atoms with Crippen molar-refractivity contribution in [3.63, 3.8) is 0 Å². The average Bonchev–Trinajstić information content (AvgIpc) is 2.42. The number of para-hydroxylation sites is 1. The molecule has 0 saturated heterocycles. The van der Waals surface area contributed by atoms with Gasteiger partial charge in [0.1, 0.15) is 0 Å². The number of benzene rings is 1. The molecule has 1 aromatic heterocycles. The molecule has 2 rings (SSSR count). The normalized spacial score (nSPS) is 10.9. The van der Waals surface area contributed by atoms with E-state index in [1.807, 2.05) is 36.4 Å². The van der Waals surface area contributed by atoms with Crippen molar-refractivity contribution >= 4 is 22.9 Å². The fourth-order valence-electron chi connectivity index (χ4n) is 1.57. The Balaban J connectivity index is 2.12. The summed E-state index contributed by atoms with van der Waals surface area (Å²) in [6, 6.07) is 11.6. The number of aliphatic hydroxyl groups excluding tert-OH is 1. The third-order valence-electron chi connectivity index (χ3n) is 2.44. The average molecular weight is 242 g/mol. The van der Waals surface area contributed by atoms with Crippen molar-refractivity contribution in [1.29, 1.82) is 0 Å². The molecular weight excluding hydrogens is 228 g/mol. The quantitative estimate of drug-likeness (QED) is 0.796. The lowest BCUT2D eigenvalue weighted by Gasteiger charge is -1.99. The van der Waals surface area contributed by atoms with Gasteiger partial charge in [0, 0.05) is 18.0 Å². The number of hydrogen-bond acceptors (Lipinski definition) is 3. The number of carbonyl (C=O) groups is 1. The van der Waals surface area contributed by atoms with Gasteiger partial charge in [0.05, 0.1) is 17.8 Å². The number of pyridine rings is 1. The van der Waals surface area contributed by atoms with Gasteiger partial charge in [-0.05, 0) is 18.2 Å². The van der Waals surface area contributed by atoms with Crippen LogP contribution in [0.5, 0.6) is 0 Å².